The molecule has 4 nitrogen and oxygen atoms in total. The van der Waals surface area contributed by atoms with Gasteiger partial charge in [0.15, 0.2) is 0 Å². The Morgan fingerprint density at radius 2 is 1.71 bits per heavy atom. The summed E-state index contributed by atoms with van der Waals surface area (Å²) in [6.07, 6.45) is 0.433. The fraction of sp³-hybridized carbons (Fsp3) is 0.263. The van der Waals surface area contributed by atoms with E-state index in [1.165, 1.54) is 11.8 Å². The number of carbonyl (C=O) groups is 2. The van der Waals surface area contributed by atoms with Gasteiger partial charge < -0.3 is 5.11 Å². The van der Waals surface area contributed by atoms with E-state index in [1.54, 1.807) is 4.90 Å². The molecule has 0 radical (unpaired) electrons. The predicted octanol–water partition coefficient (Wildman–Crippen LogP) is 3.48. The van der Waals surface area contributed by atoms with E-state index in [0.29, 0.717) is 6.42 Å². The van der Waals surface area contributed by atoms with Crippen LogP contribution in [-0.2, 0) is 14.3 Å². The third-order valence-corrected chi connectivity index (χ3v) is 6.77. The maximum absolute atomic E-state index is 13.5. The van der Waals surface area contributed by atoms with Crippen LogP contribution in [0.25, 0.3) is 0 Å². The SMILES string of the molecule is C[C@@]12C[C@@H](C(=O)O)[C@@](c3ccccc3)(S1)C(=O)N2c1ccccc1. The van der Waals surface area contributed by atoms with Gasteiger partial charge in [0.05, 0.1) is 10.8 Å². The molecule has 2 bridgehead atoms. The summed E-state index contributed by atoms with van der Waals surface area (Å²) in [7, 11) is 0. The van der Waals surface area contributed by atoms with Gasteiger partial charge in [-0.15, -0.1) is 11.8 Å². The van der Waals surface area contributed by atoms with Crippen LogP contribution in [0.2, 0.25) is 0 Å². The first-order valence-corrected chi connectivity index (χ1v) is 8.69. The minimum absolute atomic E-state index is 0.133. The smallest absolute Gasteiger partial charge is 0.308 e. The average molecular weight is 339 g/mol. The Bertz CT molecular complexity index is 810. The number of hydrogen-bond donors (Lipinski definition) is 1. The second-order valence-electron chi connectivity index (χ2n) is 6.45. The second kappa shape index (κ2) is 5.11. The van der Waals surface area contributed by atoms with Crippen molar-refractivity contribution < 1.29 is 14.7 Å². The molecule has 5 heteroatoms. The van der Waals surface area contributed by atoms with Crippen LogP contribution < -0.4 is 4.90 Å². The third kappa shape index (κ3) is 1.88. The normalized spacial score (nSPS) is 31.5. The molecule has 0 saturated carbocycles. The van der Waals surface area contributed by atoms with Crippen LogP contribution >= 0.6 is 11.8 Å². The highest BCUT2D eigenvalue weighted by Gasteiger charge is 2.71. The second-order valence-corrected chi connectivity index (χ2v) is 8.18. The van der Waals surface area contributed by atoms with Gasteiger partial charge in [-0.05, 0) is 31.0 Å². The predicted molar refractivity (Wildman–Crippen MR) is 93.8 cm³/mol. The Labute approximate surface area is 144 Å². The van der Waals surface area contributed by atoms with Crippen molar-refractivity contribution in [1.82, 2.24) is 0 Å². The summed E-state index contributed by atoms with van der Waals surface area (Å²) in [5, 5.41) is 9.77. The molecule has 2 saturated heterocycles. The van der Waals surface area contributed by atoms with Crippen LogP contribution in [-0.4, -0.2) is 21.9 Å². The molecule has 4 rings (SSSR count). The van der Waals surface area contributed by atoms with Gasteiger partial charge in [0.2, 0.25) is 5.91 Å². The molecule has 0 aromatic heterocycles. The minimum atomic E-state index is -1.06. The first kappa shape index (κ1) is 15.3. The first-order chi connectivity index (χ1) is 11.5. The van der Waals surface area contributed by atoms with E-state index >= 15 is 0 Å². The van der Waals surface area contributed by atoms with Gasteiger partial charge in [0, 0.05) is 5.69 Å². The number of amides is 1. The maximum Gasteiger partial charge on any atom is 0.308 e. The molecule has 3 atom stereocenters. The third-order valence-electron chi connectivity index (χ3n) is 4.96. The molecule has 2 aromatic rings. The van der Waals surface area contributed by atoms with Crippen LogP contribution in [0, 0.1) is 5.92 Å². The standard InChI is InChI=1S/C19H17NO3S/c1-18-12-15(16(21)22)19(24-18,13-8-4-2-5-9-13)17(23)20(18)14-10-6-3-7-11-14/h2-11,15H,12H2,1H3,(H,21,22)/t15-,18-,19+/m0/s1. The van der Waals surface area contributed by atoms with Gasteiger partial charge in [0.1, 0.15) is 4.75 Å². The molecule has 2 aliphatic rings. The van der Waals surface area contributed by atoms with E-state index in [4.69, 9.17) is 0 Å². The van der Waals surface area contributed by atoms with Crippen LogP contribution in [0.5, 0.6) is 0 Å². The Morgan fingerprint density at radius 3 is 2.29 bits per heavy atom. The van der Waals surface area contributed by atoms with Crippen molar-refractivity contribution in [2.75, 3.05) is 4.90 Å². The van der Waals surface area contributed by atoms with Crippen molar-refractivity contribution in [2.24, 2.45) is 5.92 Å². The molecule has 24 heavy (non-hydrogen) atoms. The molecule has 2 aliphatic heterocycles. The average Bonchev–Trinajstić information content (AvgIpc) is 3.03. The summed E-state index contributed by atoms with van der Waals surface area (Å²) < 4.78 is -1.06. The van der Waals surface area contributed by atoms with Gasteiger partial charge in [-0.2, -0.15) is 0 Å². The van der Waals surface area contributed by atoms with E-state index in [-0.39, 0.29) is 5.91 Å². The monoisotopic (exact) mass is 339 g/mol. The largest absolute Gasteiger partial charge is 0.481 e. The van der Waals surface area contributed by atoms with Gasteiger partial charge in [0.25, 0.3) is 0 Å². The highest BCUT2D eigenvalue weighted by molar-refractivity contribution is 8.03. The van der Waals surface area contributed by atoms with E-state index in [2.05, 4.69) is 0 Å². The van der Waals surface area contributed by atoms with Crippen molar-refractivity contribution in [3.63, 3.8) is 0 Å². The van der Waals surface area contributed by atoms with Crippen LogP contribution in [0.15, 0.2) is 60.7 Å². The highest BCUT2D eigenvalue weighted by atomic mass is 32.2. The van der Waals surface area contributed by atoms with Gasteiger partial charge in [-0.25, -0.2) is 0 Å². The number of para-hydroxylation sites is 1. The Hall–Kier alpha value is -2.27. The van der Waals surface area contributed by atoms with Crippen LogP contribution in [0.4, 0.5) is 5.69 Å². The molecule has 0 aliphatic carbocycles. The van der Waals surface area contributed by atoms with Crippen LogP contribution in [0.3, 0.4) is 0 Å². The van der Waals surface area contributed by atoms with E-state index in [0.717, 1.165) is 11.3 Å². The molecule has 0 spiro atoms. The molecular formula is C19H17NO3S. The molecule has 0 unspecified atom stereocenters. The Morgan fingerprint density at radius 1 is 1.12 bits per heavy atom. The van der Waals surface area contributed by atoms with Crippen molar-refractivity contribution in [1.29, 1.82) is 0 Å². The summed E-state index contributed by atoms with van der Waals surface area (Å²) in [6, 6.07) is 18.8. The summed E-state index contributed by atoms with van der Waals surface area (Å²) in [4.78, 5) is 26.6. The lowest BCUT2D eigenvalue weighted by atomic mass is 9.77. The maximum atomic E-state index is 13.5. The number of thioether (sulfide) groups is 1. The molecule has 1 amide bonds. The van der Waals surface area contributed by atoms with Gasteiger partial charge in [-0.1, -0.05) is 48.5 Å². The number of fused-ring (bicyclic) bond motifs is 2. The Balaban J connectivity index is 1.90. The van der Waals surface area contributed by atoms with Crippen LogP contribution in [0.1, 0.15) is 18.9 Å². The summed E-state index contributed by atoms with van der Waals surface area (Å²) in [5.74, 6) is -1.76. The number of nitrogens with zero attached hydrogens (tertiary/aromatic N) is 1. The number of anilines is 1. The molecule has 1 N–H and O–H groups in total. The fourth-order valence-corrected chi connectivity index (χ4v) is 5.97. The molecular weight excluding hydrogens is 322 g/mol. The lowest BCUT2D eigenvalue weighted by Crippen LogP contribution is -2.54. The van der Waals surface area contributed by atoms with E-state index < -0.39 is 21.5 Å². The first-order valence-electron chi connectivity index (χ1n) is 7.87. The summed E-state index contributed by atoms with van der Waals surface area (Å²) >= 11 is 1.48. The van der Waals surface area contributed by atoms with Crippen molar-refractivity contribution in [2.45, 2.75) is 23.0 Å². The fourth-order valence-electron chi connectivity index (χ4n) is 3.99. The lowest BCUT2D eigenvalue weighted by molar-refractivity contribution is -0.147. The zero-order valence-corrected chi connectivity index (χ0v) is 14.0. The zero-order valence-electron chi connectivity index (χ0n) is 13.2. The number of benzene rings is 2. The topological polar surface area (TPSA) is 57.6 Å². The number of hydrogen-bond acceptors (Lipinski definition) is 3. The zero-order chi connectivity index (χ0) is 16.9. The van der Waals surface area contributed by atoms with Crippen molar-refractivity contribution in [3.05, 3.63) is 66.2 Å². The quantitative estimate of drug-likeness (QED) is 0.930. The number of aliphatic carboxylic acids is 1. The molecule has 2 aromatic carbocycles. The molecule has 122 valence electrons. The van der Waals surface area contributed by atoms with E-state index in [9.17, 15) is 14.7 Å². The van der Waals surface area contributed by atoms with Gasteiger partial charge >= 0.3 is 5.97 Å². The highest BCUT2D eigenvalue weighted by Crippen LogP contribution is 2.67. The number of rotatable bonds is 3. The number of piperidine rings is 1. The van der Waals surface area contributed by atoms with E-state index in [1.807, 2.05) is 67.6 Å². The molecule has 2 heterocycles. The summed E-state index contributed by atoms with van der Waals surface area (Å²) in [5.41, 5.74) is 1.59. The number of carboxylic acids is 1. The van der Waals surface area contributed by atoms with Crippen molar-refractivity contribution >= 4 is 29.3 Å². The minimum Gasteiger partial charge on any atom is -0.481 e. The number of carbonyl (C=O) groups excluding carboxylic acids is 1. The van der Waals surface area contributed by atoms with Gasteiger partial charge in [-0.3, -0.25) is 14.5 Å². The Kier molecular flexibility index (Phi) is 3.25. The molecule has 2 fully saturated rings. The number of carboxylic acid groups (broad SMARTS) is 1. The summed E-state index contributed by atoms with van der Waals surface area (Å²) in [6.45, 7) is 1.97. The lowest BCUT2D eigenvalue weighted by Gasteiger charge is -2.38. The van der Waals surface area contributed by atoms with Crippen molar-refractivity contribution in [3.8, 4) is 0 Å².